The average molecular weight is 410 g/mol. The number of rotatable bonds is 5. The van der Waals surface area contributed by atoms with Crippen molar-refractivity contribution in [2.45, 2.75) is 32.6 Å². The van der Waals surface area contributed by atoms with E-state index in [2.05, 4.69) is 5.32 Å². The third kappa shape index (κ3) is 5.22. The highest BCUT2D eigenvalue weighted by atomic mass is 32.1. The Balaban J connectivity index is 0.00000117. The van der Waals surface area contributed by atoms with E-state index in [1.807, 2.05) is 68.4 Å². The van der Waals surface area contributed by atoms with Crippen molar-refractivity contribution in [2.75, 3.05) is 13.1 Å². The molecule has 0 saturated carbocycles. The molecule has 29 heavy (non-hydrogen) atoms. The van der Waals surface area contributed by atoms with Crippen molar-refractivity contribution in [3.8, 4) is 22.8 Å². The summed E-state index contributed by atoms with van der Waals surface area (Å²) in [4.78, 5) is 17.3. The van der Waals surface area contributed by atoms with Gasteiger partial charge in [-0.2, -0.15) is 0 Å². The summed E-state index contributed by atoms with van der Waals surface area (Å²) in [7, 11) is 0. The number of piperidine rings is 1. The van der Waals surface area contributed by atoms with Gasteiger partial charge in [0.1, 0.15) is 16.4 Å². The third-order valence-electron chi connectivity index (χ3n) is 4.66. The van der Waals surface area contributed by atoms with Gasteiger partial charge in [0.05, 0.1) is 10.7 Å². The van der Waals surface area contributed by atoms with Gasteiger partial charge in [-0.3, -0.25) is 4.79 Å². The van der Waals surface area contributed by atoms with Gasteiger partial charge in [-0.15, -0.1) is 11.3 Å². The molecule has 6 heteroatoms. The summed E-state index contributed by atoms with van der Waals surface area (Å²) in [5.74, 6) is 1.49. The molecule has 5 nitrogen and oxygen atoms in total. The number of ether oxygens (including phenoxy) is 1. The quantitative estimate of drug-likeness (QED) is 0.607. The first-order chi connectivity index (χ1) is 14.2. The van der Waals surface area contributed by atoms with Crippen LogP contribution in [0.5, 0.6) is 11.5 Å². The first-order valence-corrected chi connectivity index (χ1v) is 10.9. The van der Waals surface area contributed by atoms with E-state index in [4.69, 9.17) is 15.5 Å². The zero-order chi connectivity index (χ0) is 20.6. The Morgan fingerprint density at radius 1 is 1.03 bits per heavy atom. The summed E-state index contributed by atoms with van der Waals surface area (Å²) in [5, 5.41) is 4.36. The molecule has 3 N–H and O–H groups in total. The van der Waals surface area contributed by atoms with E-state index in [0.717, 1.165) is 48.0 Å². The zero-order valence-electron chi connectivity index (χ0n) is 16.9. The van der Waals surface area contributed by atoms with Crippen molar-refractivity contribution in [2.24, 2.45) is 5.73 Å². The van der Waals surface area contributed by atoms with Crippen molar-refractivity contribution in [1.29, 1.82) is 0 Å². The van der Waals surface area contributed by atoms with E-state index in [1.54, 1.807) is 0 Å². The van der Waals surface area contributed by atoms with Crippen LogP contribution in [-0.2, 0) is 0 Å². The maximum Gasteiger partial charge on any atom is 0.261 e. The average Bonchev–Trinajstić information content (AvgIpc) is 3.23. The van der Waals surface area contributed by atoms with Gasteiger partial charge in [0.15, 0.2) is 0 Å². The number of nitrogens with zero attached hydrogens (tertiary/aromatic N) is 1. The summed E-state index contributed by atoms with van der Waals surface area (Å²) in [6.07, 6.45) is 2.07. The van der Waals surface area contributed by atoms with Crippen LogP contribution in [0.25, 0.3) is 11.3 Å². The molecule has 1 amide bonds. The van der Waals surface area contributed by atoms with Gasteiger partial charge in [-0.1, -0.05) is 32.0 Å². The SMILES string of the molecule is CC.NC(=O)c1sc(C2CCNCC2)nc1-c1ccc(Oc2ccccc2)cc1. The number of primary amides is 1. The van der Waals surface area contributed by atoms with Gasteiger partial charge in [0.2, 0.25) is 0 Å². The minimum atomic E-state index is -0.424. The highest BCUT2D eigenvalue weighted by molar-refractivity contribution is 7.14. The summed E-state index contributed by atoms with van der Waals surface area (Å²) < 4.78 is 5.83. The molecule has 0 bridgehead atoms. The maximum atomic E-state index is 12.0. The minimum absolute atomic E-state index is 0.392. The topological polar surface area (TPSA) is 77.2 Å². The van der Waals surface area contributed by atoms with Crippen molar-refractivity contribution in [1.82, 2.24) is 10.3 Å². The zero-order valence-corrected chi connectivity index (χ0v) is 17.7. The smallest absolute Gasteiger partial charge is 0.261 e. The van der Waals surface area contributed by atoms with Crippen molar-refractivity contribution in [3.05, 3.63) is 64.5 Å². The Morgan fingerprint density at radius 2 is 1.66 bits per heavy atom. The van der Waals surface area contributed by atoms with Gasteiger partial charge >= 0.3 is 0 Å². The number of para-hydroxylation sites is 1. The number of aromatic nitrogens is 1. The first kappa shape index (κ1) is 21.0. The molecule has 1 aromatic heterocycles. The highest BCUT2D eigenvalue weighted by Gasteiger charge is 2.24. The van der Waals surface area contributed by atoms with Crippen LogP contribution < -0.4 is 15.8 Å². The molecular weight excluding hydrogens is 382 g/mol. The molecule has 0 spiro atoms. The minimum Gasteiger partial charge on any atom is -0.457 e. The lowest BCUT2D eigenvalue weighted by Crippen LogP contribution is -2.26. The van der Waals surface area contributed by atoms with E-state index < -0.39 is 5.91 Å². The molecule has 4 rings (SSSR count). The number of carbonyl (C=O) groups excluding carboxylic acids is 1. The number of thiazole rings is 1. The summed E-state index contributed by atoms with van der Waals surface area (Å²) in [5.41, 5.74) is 7.17. The second kappa shape index (κ2) is 10.2. The monoisotopic (exact) mass is 409 g/mol. The molecule has 0 atom stereocenters. The normalized spacial score (nSPS) is 14.0. The van der Waals surface area contributed by atoms with Crippen LogP contribution in [0.3, 0.4) is 0 Å². The lowest BCUT2D eigenvalue weighted by atomic mass is 9.99. The fraction of sp³-hybridized carbons (Fsp3) is 0.304. The molecule has 1 aliphatic rings. The fourth-order valence-corrected chi connectivity index (χ4v) is 4.36. The predicted octanol–water partition coefficient (Wildman–Crippen LogP) is 5.19. The van der Waals surface area contributed by atoms with Crippen LogP contribution in [0.2, 0.25) is 0 Å². The molecule has 0 aliphatic carbocycles. The van der Waals surface area contributed by atoms with Crippen LogP contribution in [0.4, 0.5) is 0 Å². The maximum absolute atomic E-state index is 12.0. The lowest BCUT2D eigenvalue weighted by molar-refractivity contribution is 0.100. The first-order valence-electron chi connectivity index (χ1n) is 10.1. The van der Waals surface area contributed by atoms with Gasteiger partial charge in [-0.25, -0.2) is 4.98 Å². The number of hydrogen-bond donors (Lipinski definition) is 2. The van der Waals surface area contributed by atoms with Gasteiger partial charge in [-0.05, 0) is 62.3 Å². The standard InChI is InChI=1S/C21H21N3O2S.C2H6/c22-20(25)19-18(24-21(27-19)15-10-12-23-13-11-15)14-6-8-17(9-7-14)26-16-4-2-1-3-5-16;1-2/h1-9,15,23H,10-13H2,(H2,22,25);1-2H3. The number of amides is 1. The van der Waals surface area contributed by atoms with E-state index in [-0.39, 0.29) is 0 Å². The Bertz CT molecular complexity index is 917. The number of nitrogens with two attached hydrogens (primary N) is 1. The van der Waals surface area contributed by atoms with Crippen molar-refractivity contribution < 1.29 is 9.53 Å². The second-order valence-electron chi connectivity index (χ2n) is 6.56. The van der Waals surface area contributed by atoms with Crippen LogP contribution in [0, 0.1) is 0 Å². The molecule has 0 unspecified atom stereocenters. The van der Waals surface area contributed by atoms with E-state index in [1.165, 1.54) is 11.3 Å². The Labute approximate surface area is 175 Å². The largest absolute Gasteiger partial charge is 0.457 e. The van der Waals surface area contributed by atoms with Gasteiger partial charge in [0, 0.05) is 11.5 Å². The number of hydrogen-bond acceptors (Lipinski definition) is 5. The summed E-state index contributed by atoms with van der Waals surface area (Å²) in [6, 6.07) is 17.2. The lowest BCUT2D eigenvalue weighted by Gasteiger charge is -2.20. The van der Waals surface area contributed by atoms with Crippen LogP contribution in [-0.4, -0.2) is 24.0 Å². The molecule has 2 heterocycles. The number of benzene rings is 2. The molecule has 2 aromatic carbocycles. The molecule has 3 aromatic rings. The van der Waals surface area contributed by atoms with Crippen LogP contribution in [0.15, 0.2) is 54.6 Å². The van der Waals surface area contributed by atoms with Crippen LogP contribution >= 0.6 is 11.3 Å². The summed E-state index contributed by atoms with van der Waals surface area (Å²) >= 11 is 1.43. The summed E-state index contributed by atoms with van der Waals surface area (Å²) in [6.45, 7) is 5.97. The Kier molecular flexibility index (Phi) is 7.38. The van der Waals surface area contributed by atoms with E-state index in [0.29, 0.717) is 16.5 Å². The highest BCUT2D eigenvalue weighted by Crippen LogP contribution is 2.35. The van der Waals surface area contributed by atoms with Crippen molar-refractivity contribution in [3.63, 3.8) is 0 Å². The van der Waals surface area contributed by atoms with Crippen molar-refractivity contribution >= 4 is 17.2 Å². The Hall–Kier alpha value is -2.70. The number of carbonyl (C=O) groups is 1. The van der Waals surface area contributed by atoms with Crippen LogP contribution in [0.1, 0.15) is 47.3 Å². The van der Waals surface area contributed by atoms with E-state index in [9.17, 15) is 4.79 Å². The fourth-order valence-electron chi connectivity index (χ4n) is 3.25. The van der Waals surface area contributed by atoms with Gasteiger partial charge < -0.3 is 15.8 Å². The molecule has 1 fully saturated rings. The Morgan fingerprint density at radius 3 is 2.28 bits per heavy atom. The van der Waals surface area contributed by atoms with Gasteiger partial charge in [0.25, 0.3) is 5.91 Å². The van der Waals surface area contributed by atoms with E-state index >= 15 is 0 Å². The number of nitrogens with one attached hydrogen (secondary N) is 1. The molecule has 1 aliphatic heterocycles. The molecule has 1 saturated heterocycles. The molecule has 0 radical (unpaired) electrons. The third-order valence-corrected chi connectivity index (χ3v) is 5.89. The second-order valence-corrected chi connectivity index (χ2v) is 7.59. The molecular formula is C23H27N3O2S. The predicted molar refractivity (Wildman–Crippen MR) is 119 cm³/mol. The molecule has 152 valence electrons.